The molecule has 0 aliphatic carbocycles. The van der Waals surface area contributed by atoms with Gasteiger partial charge in [-0.1, -0.05) is 28.9 Å². The topological polar surface area (TPSA) is 117 Å². The Morgan fingerprint density at radius 3 is 2.61 bits per heavy atom. The number of hydrogen-bond donors (Lipinski definition) is 1. The lowest BCUT2D eigenvalue weighted by Gasteiger charge is -2.09. The van der Waals surface area contributed by atoms with Gasteiger partial charge in [0.1, 0.15) is 11.5 Å². The predicted molar refractivity (Wildman–Crippen MR) is 118 cm³/mol. The molecular weight excluding hydrogens is 450 g/mol. The fourth-order valence-corrected chi connectivity index (χ4v) is 2.92. The molecule has 0 unspecified atom stereocenters. The fraction of sp³-hybridized carbons (Fsp3) is 0.130. The Morgan fingerprint density at radius 1 is 1.03 bits per heavy atom. The van der Waals surface area contributed by atoms with E-state index in [1.54, 1.807) is 48.5 Å². The molecule has 2 aromatic heterocycles. The van der Waals surface area contributed by atoms with Gasteiger partial charge in [-0.2, -0.15) is 4.98 Å². The number of nitrogens with one attached hydrogen (secondary N) is 1. The van der Waals surface area contributed by atoms with E-state index in [2.05, 4.69) is 15.5 Å². The zero-order valence-electron chi connectivity index (χ0n) is 17.2. The van der Waals surface area contributed by atoms with Crippen LogP contribution in [0.4, 0.5) is 5.69 Å². The van der Waals surface area contributed by atoms with Crippen LogP contribution >= 0.6 is 11.6 Å². The van der Waals surface area contributed by atoms with Crippen LogP contribution in [0.1, 0.15) is 12.3 Å². The predicted octanol–water partition coefficient (Wildman–Crippen LogP) is 4.89. The van der Waals surface area contributed by atoms with Crippen molar-refractivity contribution in [2.75, 3.05) is 11.9 Å². The number of nitrogens with zero attached hydrogens (tertiary/aromatic N) is 2. The van der Waals surface area contributed by atoms with Crippen LogP contribution in [0.2, 0.25) is 5.02 Å². The molecular formula is C23H18ClN3O6. The summed E-state index contributed by atoms with van der Waals surface area (Å²) in [6.07, 6.45) is 1.67. The average molecular weight is 468 g/mol. The van der Waals surface area contributed by atoms with Crippen LogP contribution in [0.5, 0.6) is 11.5 Å². The minimum Gasteiger partial charge on any atom is -0.461 e. The summed E-state index contributed by atoms with van der Waals surface area (Å²) < 4.78 is 20.9. The van der Waals surface area contributed by atoms with Gasteiger partial charge in [-0.25, -0.2) is 0 Å². The first-order valence-electron chi connectivity index (χ1n) is 9.91. The third kappa shape index (κ3) is 6.20. The minimum atomic E-state index is -0.564. The molecule has 0 fully saturated rings. The largest absolute Gasteiger partial charge is 0.461 e. The Balaban J connectivity index is 1.19. The van der Waals surface area contributed by atoms with Crippen LogP contribution in [-0.2, 0) is 20.7 Å². The third-order valence-corrected chi connectivity index (χ3v) is 4.63. The SMILES string of the molecule is O=C(COC(=O)CCc1nc(-c2ccco2)no1)Nc1ccc(Oc2ccccc2Cl)cc1. The molecule has 0 radical (unpaired) electrons. The van der Waals surface area contributed by atoms with Crippen molar-refractivity contribution in [1.29, 1.82) is 0 Å². The first-order valence-corrected chi connectivity index (χ1v) is 10.3. The molecule has 4 rings (SSSR count). The van der Waals surface area contributed by atoms with Gasteiger partial charge in [0.05, 0.1) is 17.7 Å². The third-order valence-electron chi connectivity index (χ3n) is 4.32. The summed E-state index contributed by atoms with van der Waals surface area (Å²) in [6.45, 7) is -0.418. The van der Waals surface area contributed by atoms with Crippen molar-refractivity contribution in [3.05, 3.63) is 77.8 Å². The molecule has 0 saturated heterocycles. The molecule has 1 amide bonds. The van der Waals surface area contributed by atoms with E-state index in [1.165, 1.54) is 6.26 Å². The number of hydrogen-bond acceptors (Lipinski definition) is 8. The van der Waals surface area contributed by atoms with Crippen molar-refractivity contribution in [3.8, 4) is 23.1 Å². The molecule has 33 heavy (non-hydrogen) atoms. The van der Waals surface area contributed by atoms with E-state index in [-0.39, 0.29) is 18.7 Å². The van der Waals surface area contributed by atoms with Gasteiger partial charge in [-0.3, -0.25) is 9.59 Å². The number of furan rings is 1. The highest BCUT2D eigenvalue weighted by molar-refractivity contribution is 6.32. The Hall–Kier alpha value is -4.11. The maximum Gasteiger partial charge on any atom is 0.306 e. The van der Waals surface area contributed by atoms with E-state index >= 15 is 0 Å². The number of anilines is 1. The molecule has 2 heterocycles. The Morgan fingerprint density at radius 2 is 1.85 bits per heavy atom. The number of amides is 1. The lowest BCUT2D eigenvalue weighted by Crippen LogP contribution is -2.21. The maximum atomic E-state index is 12.1. The van der Waals surface area contributed by atoms with Crippen molar-refractivity contribution >= 4 is 29.2 Å². The quantitative estimate of drug-likeness (QED) is 0.346. The van der Waals surface area contributed by atoms with E-state index in [4.69, 9.17) is 30.0 Å². The number of halogens is 1. The summed E-state index contributed by atoms with van der Waals surface area (Å²) in [5.74, 6) is 1.08. The molecule has 10 heteroatoms. The minimum absolute atomic E-state index is 0.0127. The van der Waals surface area contributed by atoms with Gasteiger partial charge in [-0.15, -0.1) is 0 Å². The molecule has 0 aliphatic heterocycles. The van der Waals surface area contributed by atoms with Gasteiger partial charge in [0, 0.05) is 12.1 Å². The second-order valence-corrected chi connectivity index (χ2v) is 7.16. The van der Waals surface area contributed by atoms with Crippen LogP contribution in [0.15, 0.2) is 75.9 Å². The van der Waals surface area contributed by atoms with Crippen molar-refractivity contribution in [2.24, 2.45) is 0 Å². The lowest BCUT2D eigenvalue weighted by atomic mass is 10.3. The number of rotatable bonds is 9. The summed E-state index contributed by atoms with van der Waals surface area (Å²) in [5.41, 5.74) is 0.527. The molecule has 0 atom stereocenters. The van der Waals surface area contributed by atoms with E-state index in [0.717, 1.165) is 0 Å². The van der Waals surface area contributed by atoms with E-state index in [0.29, 0.717) is 33.8 Å². The molecule has 2 aromatic carbocycles. The summed E-state index contributed by atoms with van der Waals surface area (Å²) >= 11 is 6.07. The Bertz CT molecular complexity index is 1220. The second kappa shape index (κ2) is 10.5. The number of carbonyl (C=O) groups is 2. The van der Waals surface area contributed by atoms with Crippen molar-refractivity contribution < 1.29 is 28.0 Å². The highest BCUT2D eigenvalue weighted by atomic mass is 35.5. The van der Waals surface area contributed by atoms with Crippen LogP contribution in [0.3, 0.4) is 0 Å². The Labute approximate surface area is 193 Å². The van der Waals surface area contributed by atoms with Crippen molar-refractivity contribution in [3.63, 3.8) is 0 Å². The number of esters is 1. The maximum absolute atomic E-state index is 12.1. The van der Waals surface area contributed by atoms with Gasteiger partial charge in [0.15, 0.2) is 12.4 Å². The van der Waals surface area contributed by atoms with Crippen LogP contribution < -0.4 is 10.1 Å². The molecule has 0 saturated carbocycles. The standard InChI is InChI=1S/C23H18ClN3O6/c24-17-4-1-2-5-18(17)32-16-9-7-15(8-10-16)25-20(28)14-31-22(29)12-11-21-26-23(27-33-21)19-6-3-13-30-19/h1-10,13H,11-12,14H2,(H,25,28). The van der Waals surface area contributed by atoms with Crippen LogP contribution in [-0.4, -0.2) is 28.6 Å². The van der Waals surface area contributed by atoms with Crippen molar-refractivity contribution in [2.45, 2.75) is 12.8 Å². The number of aryl methyl sites for hydroxylation is 1. The van der Waals surface area contributed by atoms with E-state index in [9.17, 15) is 9.59 Å². The molecule has 1 N–H and O–H groups in total. The Kier molecular flexibility index (Phi) is 7.01. The van der Waals surface area contributed by atoms with Crippen LogP contribution in [0.25, 0.3) is 11.6 Å². The van der Waals surface area contributed by atoms with E-state index < -0.39 is 18.5 Å². The normalized spacial score (nSPS) is 10.6. The van der Waals surface area contributed by atoms with Gasteiger partial charge in [0.2, 0.25) is 11.7 Å². The van der Waals surface area contributed by atoms with Gasteiger partial charge in [0.25, 0.3) is 5.91 Å². The number of para-hydroxylation sites is 1. The fourth-order valence-electron chi connectivity index (χ4n) is 2.75. The molecule has 9 nitrogen and oxygen atoms in total. The number of benzene rings is 2. The molecule has 0 bridgehead atoms. The van der Waals surface area contributed by atoms with Crippen molar-refractivity contribution in [1.82, 2.24) is 10.1 Å². The monoisotopic (exact) mass is 467 g/mol. The molecule has 0 spiro atoms. The first-order chi connectivity index (χ1) is 16.1. The van der Waals surface area contributed by atoms with Gasteiger partial charge in [-0.05, 0) is 48.5 Å². The smallest absolute Gasteiger partial charge is 0.306 e. The van der Waals surface area contributed by atoms with Gasteiger partial charge < -0.3 is 23.7 Å². The average Bonchev–Trinajstić information content (AvgIpc) is 3.51. The van der Waals surface area contributed by atoms with Crippen LogP contribution in [0, 0.1) is 0 Å². The zero-order chi connectivity index (χ0) is 23.0. The molecule has 0 aliphatic rings. The first kappa shape index (κ1) is 22.1. The summed E-state index contributed by atoms with van der Waals surface area (Å²) in [4.78, 5) is 28.1. The number of ether oxygens (including phenoxy) is 2. The van der Waals surface area contributed by atoms with E-state index in [1.807, 2.05) is 12.1 Å². The number of aromatic nitrogens is 2. The zero-order valence-corrected chi connectivity index (χ0v) is 17.9. The lowest BCUT2D eigenvalue weighted by molar-refractivity contribution is -0.147. The molecule has 168 valence electrons. The summed E-state index contributed by atoms with van der Waals surface area (Å²) in [6, 6.07) is 17.2. The highest BCUT2D eigenvalue weighted by Crippen LogP contribution is 2.29. The second-order valence-electron chi connectivity index (χ2n) is 6.75. The molecule has 4 aromatic rings. The number of carbonyl (C=O) groups excluding carboxylic acids is 2. The summed E-state index contributed by atoms with van der Waals surface area (Å²) in [7, 11) is 0. The highest BCUT2D eigenvalue weighted by Gasteiger charge is 2.14. The summed E-state index contributed by atoms with van der Waals surface area (Å²) in [5, 5.41) is 6.92. The van der Waals surface area contributed by atoms with Gasteiger partial charge >= 0.3 is 5.97 Å².